The van der Waals surface area contributed by atoms with Crippen LogP contribution in [0.2, 0.25) is 0 Å². The zero-order chi connectivity index (χ0) is 59.9. The zero-order valence-electron chi connectivity index (χ0n) is 44.0. The predicted molar refractivity (Wildman–Crippen MR) is 290 cm³/mol. The molecule has 0 aliphatic heterocycles. The van der Waals surface area contributed by atoms with E-state index in [0.717, 1.165) is 66.4 Å². The van der Waals surface area contributed by atoms with Crippen molar-refractivity contribution >= 4 is 0 Å². The van der Waals surface area contributed by atoms with E-state index in [4.69, 9.17) is 0 Å². The summed E-state index contributed by atoms with van der Waals surface area (Å²) in [6.07, 6.45) is -9.04. The second-order valence-electron chi connectivity index (χ2n) is 18.5. The molecule has 12 rings (SSSR count). The van der Waals surface area contributed by atoms with E-state index in [1.165, 1.54) is 42.5 Å². The number of aromatic nitrogens is 8. The van der Waals surface area contributed by atoms with E-state index < -0.39 is 47.0 Å². The summed E-state index contributed by atoms with van der Waals surface area (Å²) in [5.41, 5.74) is 2.76. The van der Waals surface area contributed by atoms with Gasteiger partial charge in [-0.3, -0.25) is 19.3 Å². The van der Waals surface area contributed by atoms with E-state index in [2.05, 4.69) is 45.2 Å². The molecule has 8 aromatic carbocycles. The Balaban J connectivity index is 0.000000172. The maximum Gasteiger partial charge on any atom is 0.415 e. The van der Waals surface area contributed by atoms with Crippen LogP contribution in [-0.2, 0) is 44.8 Å². The van der Waals surface area contributed by atoms with E-state index in [9.17, 15) is 52.7 Å². The molecule has 4 aromatic heterocycles. The third-order valence-corrected chi connectivity index (χ3v) is 12.8. The number of halogens is 12. The molecule has 0 atom stereocenters. The number of rotatable bonds is 9. The van der Waals surface area contributed by atoms with Crippen LogP contribution in [0.3, 0.4) is 0 Å². The third kappa shape index (κ3) is 13.9. The number of hydrogen-bond donors (Lipinski definition) is 0. The van der Waals surface area contributed by atoms with Crippen LogP contribution in [0.15, 0.2) is 237 Å². The van der Waals surface area contributed by atoms with E-state index in [0.29, 0.717) is 50.7 Å². The molecule has 0 saturated heterocycles. The molecule has 0 amide bonds. The Hall–Kier alpha value is -9.72. The normalized spacial score (nSPS) is 11.6. The molecule has 0 fully saturated rings. The number of imidazole rings is 2. The van der Waals surface area contributed by atoms with Crippen molar-refractivity contribution in [2.24, 2.45) is 0 Å². The summed E-state index contributed by atoms with van der Waals surface area (Å²) in [6.45, 7) is 0. The SMILES string of the molecule is FC(F)(F)c1cc[c-]c(-n2[c-][n+](-c3cccc(C(F)(F)F)c3)c(-c3ccccc3)c2-c2ccccc2)c1.FC(F)(F)c1cc[c-]c(-n2[c-][n+](-c3cccc(C(F)(F)F)c3)c(-c3ccccc3)c2-c2ccccc2)c1.[Ir].c1ccc(-c2cnn[n-]2)nc1. The first-order valence-electron chi connectivity index (χ1n) is 25.4. The summed E-state index contributed by atoms with van der Waals surface area (Å²) in [5.74, 6) is 0. The first-order chi connectivity index (χ1) is 40.7. The van der Waals surface area contributed by atoms with Crippen molar-refractivity contribution in [1.29, 1.82) is 0 Å². The number of nitrogens with zero attached hydrogens (tertiary/aromatic N) is 8. The summed E-state index contributed by atoms with van der Waals surface area (Å²) >= 11 is 0. The fourth-order valence-electron chi connectivity index (χ4n) is 8.97. The van der Waals surface area contributed by atoms with Gasteiger partial charge in [-0.1, -0.05) is 169 Å². The molecule has 0 saturated carbocycles. The molecule has 21 heteroatoms. The second kappa shape index (κ2) is 25.6. The molecule has 12 aromatic rings. The fraction of sp³-hybridized carbons (Fsp3) is 0.0615. The van der Waals surface area contributed by atoms with Crippen LogP contribution in [-0.4, -0.2) is 24.4 Å². The van der Waals surface area contributed by atoms with Gasteiger partial charge in [-0.25, -0.2) is 0 Å². The standard InChI is InChI=1S/2C29H17F6N2.C7H5N4.Ir/c2*30-28(31,32)22-13-7-15-24(17-22)36-19-37(25-16-8-14-23(18-25)29(33,34)35)27(21-11-5-2-6-12-21)26(36)20-9-3-1-4-10-20;1-2-4-8-6(3-1)7-5-9-11-10-7;/h2*1-15,17-18H;1-5H;/q3*-1;. The molecule has 8 nitrogen and oxygen atoms in total. The van der Waals surface area contributed by atoms with Gasteiger partial charge in [0.25, 0.3) is 12.7 Å². The van der Waals surface area contributed by atoms with Gasteiger partial charge in [0.2, 0.25) is 0 Å². The molecule has 1 radical (unpaired) electrons. The predicted octanol–water partition coefficient (Wildman–Crippen LogP) is 15.9. The second-order valence-corrected chi connectivity index (χ2v) is 18.5. The monoisotopic (exact) mass is 1350 g/mol. The van der Waals surface area contributed by atoms with Crippen molar-refractivity contribution in [3.63, 3.8) is 0 Å². The van der Waals surface area contributed by atoms with E-state index in [1.54, 1.807) is 134 Å². The maximum absolute atomic E-state index is 13.5. The molecular weight excluding hydrogens is 1310 g/mol. The smallest absolute Gasteiger partial charge is 0.358 e. The summed E-state index contributed by atoms with van der Waals surface area (Å²) in [7, 11) is 0. The van der Waals surface area contributed by atoms with Gasteiger partial charge < -0.3 is 19.3 Å². The largest absolute Gasteiger partial charge is 0.415 e. The molecule has 0 bridgehead atoms. The van der Waals surface area contributed by atoms with Crippen molar-refractivity contribution in [2.45, 2.75) is 24.7 Å². The molecule has 435 valence electrons. The Morgan fingerprint density at radius 2 is 0.767 bits per heavy atom. The molecule has 0 spiro atoms. The first kappa shape index (κ1) is 60.9. The molecular formula is C65H39F12IrN8-3. The summed E-state index contributed by atoms with van der Waals surface area (Å²) < 4.78 is 168. The zero-order valence-corrected chi connectivity index (χ0v) is 46.4. The van der Waals surface area contributed by atoms with Crippen LogP contribution in [0.4, 0.5) is 52.7 Å². The number of pyridine rings is 1. The van der Waals surface area contributed by atoms with Crippen LogP contribution in [0, 0.1) is 24.8 Å². The Bertz CT molecular complexity index is 3700. The Morgan fingerprint density at radius 1 is 0.395 bits per heavy atom. The molecule has 0 unspecified atom stereocenters. The quantitative estimate of drug-likeness (QED) is 0.0820. The van der Waals surface area contributed by atoms with Gasteiger partial charge in [-0.05, 0) is 75.7 Å². The molecule has 0 N–H and O–H groups in total. The minimum absolute atomic E-state index is 0. The van der Waals surface area contributed by atoms with Crippen LogP contribution < -0.4 is 14.2 Å². The summed E-state index contributed by atoms with van der Waals surface area (Å²) in [6, 6.07) is 62.3. The van der Waals surface area contributed by atoms with Gasteiger partial charge >= 0.3 is 24.7 Å². The van der Waals surface area contributed by atoms with Crippen molar-refractivity contribution in [3.05, 3.63) is 284 Å². The minimum atomic E-state index is -4.59. The van der Waals surface area contributed by atoms with E-state index in [-0.39, 0.29) is 42.9 Å². The fourth-order valence-corrected chi connectivity index (χ4v) is 8.97. The van der Waals surface area contributed by atoms with Gasteiger partial charge in [0.15, 0.2) is 0 Å². The van der Waals surface area contributed by atoms with Gasteiger partial charge in [0.05, 0.1) is 51.0 Å². The van der Waals surface area contributed by atoms with Crippen molar-refractivity contribution < 1.29 is 81.9 Å². The van der Waals surface area contributed by atoms with Crippen LogP contribution in [0.5, 0.6) is 0 Å². The summed E-state index contributed by atoms with van der Waals surface area (Å²) in [4.78, 5) is 4.08. The van der Waals surface area contributed by atoms with E-state index >= 15 is 0 Å². The Kier molecular flexibility index (Phi) is 18.1. The molecule has 4 heterocycles. The maximum atomic E-state index is 13.5. The van der Waals surface area contributed by atoms with Crippen LogP contribution in [0.1, 0.15) is 22.3 Å². The number of hydrogen-bond acceptors (Lipinski definition) is 3. The molecule has 0 aliphatic carbocycles. The average Bonchev–Trinajstić information content (AvgIpc) is 3.92. The van der Waals surface area contributed by atoms with Gasteiger partial charge in [0.1, 0.15) is 0 Å². The van der Waals surface area contributed by atoms with Crippen LogP contribution >= 0.6 is 0 Å². The number of alkyl halides is 12. The number of benzene rings is 8. The van der Waals surface area contributed by atoms with Crippen molar-refractivity contribution in [3.8, 4) is 79.2 Å². The topological polar surface area (TPSA) is 70.4 Å². The van der Waals surface area contributed by atoms with Crippen LogP contribution in [0.25, 0.3) is 79.2 Å². The third-order valence-electron chi connectivity index (χ3n) is 12.8. The van der Waals surface area contributed by atoms with Crippen molar-refractivity contribution in [2.75, 3.05) is 0 Å². The first-order valence-corrected chi connectivity index (χ1v) is 25.4. The molecule has 86 heavy (non-hydrogen) atoms. The molecule has 0 aliphatic rings. The van der Waals surface area contributed by atoms with E-state index in [1.807, 2.05) is 18.2 Å². The Morgan fingerprint density at radius 3 is 1.12 bits per heavy atom. The van der Waals surface area contributed by atoms with Crippen molar-refractivity contribution in [1.82, 2.24) is 29.5 Å². The minimum Gasteiger partial charge on any atom is -0.358 e. The van der Waals surface area contributed by atoms with Gasteiger partial charge in [-0.2, -0.15) is 89.1 Å². The average molecular weight is 1350 g/mol. The Labute approximate surface area is 496 Å². The van der Waals surface area contributed by atoms with Gasteiger partial charge in [-0.15, -0.1) is 12.1 Å². The summed E-state index contributed by atoms with van der Waals surface area (Å²) in [5, 5.41) is 10.8. The van der Waals surface area contributed by atoms with Gasteiger partial charge in [0, 0.05) is 26.3 Å².